The highest BCUT2D eigenvalue weighted by atomic mass is 16.6. The van der Waals surface area contributed by atoms with Crippen LogP contribution in [-0.4, -0.2) is 45.8 Å². The minimum Gasteiger partial charge on any atom is -0.458 e. The van der Waals surface area contributed by atoms with Crippen molar-refractivity contribution in [2.24, 2.45) is 0 Å². The summed E-state index contributed by atoms with van der Waals surface area (Å²) in [4.78, 5) is 21.5. The number of carbonyl (C=O) groups excluding carboxylic acids is 1. The van der Waals surface area contributed by atoms with Gasteiger partial charge in [-0.25, -0.2) is 9.78 Å². The Labute approximate surface area is 118 Å². The van der Waals surface area contributed by atoms with Gasteiger partial charge in [-0.3, -0.25) is 0 Å². The van der Waals surface area contributed by atoms with Crippen LogP contribution in [0, 0.1) is 0 Å². The zero-order chi connectivity index (χ0) is 14.8. The summed E-state index contributed by atoms with van der Waals surface area (Å²) in [5, 5.41) is 0. The van der Waals surface area contributed by atoms with Crippen molar-refractivity contribution in [1.29, 1.82) is 0 Å². The Morgan fingerprint density at radius 3 is 2.90 bits per heavy atom. The molecule has 0 spiro atoms. The summed E-state index contributed by atoms with van der Waals surface area (Å²) in [7, 11) is 0. The highest BCUT2D eigenvalue weighted by Crippen LogP contribution is 2.18. The molecule has 1 atom stereocenters. The van der Waals surface area contributed by atoms with Gasteiger partial charge < -0.3 is 20.1 Å². The molecule has 0 radical (unpaired) electrons. The van der Waals surface area contributed by atoms with E-state index in [1.165, 1.54) is 6.20 Å². The number of rotatable bonds is 2. The number of nitrogens with zero attached hydrogens (tertiary/aromatic N) is 3. The van der Waals surface area contributed by atoms with Crippen LogP contribution in [0.4, 0.5) is 10.6 Å². The molecule has 1 aromatic rings. The fraction of sp³-hybridized carbons (Fsp3) is 0.615. The number of hydrogen-bond acceptors (Lipinski definition) is 6. The SMILES string of the molecule is CC(C)(C)OC(=O)N1CCC(Oc2nccc(N)n2)C1. The maximum absolute atomic E-state index is 11.9. The van der Waals surface area contributed by atoms with E-state index in [9.17, 15) is 4.79 Å². The van der Waals surface area contributed by atoms with Gasteiger partial charge in [0, 0.05) is 19.2 Å². The number of likely N-dealkylation sites (tertiary alicyclic amines) is 1. The Hall–Kier alpha value is -2.05. The van der Waals surface area contributed by atoms with Gasteiger partial charge in [-0.1, -0.05) is 0 Å². The highest BCUT2D eigenvalue weighted by Gasteiger charge is 2.31. The molecule has 1 aromatic heterocycles. The van der Waals surface area contributed by atoms with E-state index in [1.54, 1.807) is 11.0 Å². The summed E-state index contributed by atoms with van der Waals surface area (Å²) in [5.41, 5.74) is 5.07. The molecule has 7 heteroatoms. The summed E-state index contributed by atoms with van der Waals surface area (Å²) in [6.07, 6.45) is 1.80. The smallest absolute Gasteiger partial charge is 0.410 e. The zero-order valence-electron chi connectivity index (χ0n) is 12.0. The number of nitrogens with two attached hydrogens (primary N) is 1. The van der Waals surface area contributed by atoms with Gasteiger partial charge in [0.25, 0.3) is 0 Å². The molecular weight excluding hydrogens is 260 g/mol. The van der Waals surface area contributed by atoms with Crippen LogP contribution in [0.1, 0.15) is 27.2 Å². The lowest BCUT2D eigenvalue weighted by Gasteiger charge is -2.24. The number of carbonyl (C=O) groups is 1. The Balaban J connectivity index is 1.88. The topological polar surface area (TPSA) is 90.6 Å². The van der Waals surface area contributed by atoms with E-state index in [-0.39, 0.29) is 18.2 Å². The van der Waals surface area contributed by atoms with E-state index in [0.29, 0.717) is 18.9 Å². The number of aromatic nitrogens is 2. The molecular formula is C13H20N4O3. The van der Waals surface area contributed by atoms with Crippen molar-refractivity contribution in [1.82, 2.24) is 14.9 Å². The molecule has 0 aliphatic carbocycles. The average Bonchev–Trinajstić information content (AvgIpc) is 2.75. The van der Waals surface area contributed by atoms with Crippen LogP contribution in [0.5, 0.6) is 6.01 Å². The second-order valence-corrected chi connectivity index (χ2v) is 5.72. The third-order valence-corrected chi connectivity index (χ3v) is 2.72. The number of anilines is 1. The van der Waals surface area contributed by atoms with Crippen molar-refractivity contribution >= 4 is 11.9 Å². The molecule has 20 heavy (non-hydrogen) atoms. The van der Waals surface area contributed by atoms with E-state index < -0.39 is 5.60 Å². The molecule has 1 aliphatic rings. The summed E-state index contributed by atoms with van der Waals surface area (Å²) in [5.74, 6) is 0.358. The number of ether oxygens (including phenoxy) is 2. The lowest BCUT2D eigenvalue weighted by Crippen LogP contribution is -2.36. The van der Waals surface area contributed by atoms with Crippen molar-refractivity contribution < 1.29 is 14.3 Å². The molecule has 1 aliphatic heterocycles. The maximum Gasteiger partial charge on any atom is 0.410 e. The Morgan fingerprint density at radius 1 is 1.50 bits per heavy atom. The molecule has 0 bridgehead atoms. The van der Waals surface area contributed by atoms with Crippen molar-refractivity contribution in [3.8, 4) is 6.01 Å². The summed E-state index contributed by atoms with van der Waals surface area (Å²) in [6, 6.07) is 1.83. The number of amides is 1. The Kier molecular flexibility index (Phi) is 3.96. The summed E-state index contributed by atoms with van der Waals surface area (Å²) in [6.45, 7) is 6.59. The summed E-state index contributed by atoms with van der Waals surface area (Å²) < 4.78 is 10.9. The Bertz CT molecular complexity index is 487. The van der Waals surface area contributed by atoms with Gasteiger partial charge >= 0.3 is 12.1 Å². The van der Waals surface area contributed by atoms with Crippen LogP contribution in [0.3, 0.4) is 0 Å². The molecule has 1 unspecified atom stereocenters. The average molecular weight is 280 g/mol. The van der Waals surface area contributed by atoms with Crippen LogP contribution in [-0.2, 0) is 4.74 Å². The first-order chi connectivity index (χ1) is 9.33. The largest absolute Gasteiger partial charge is 0.458 e. The van der Waals surface area contributed by atoms with E-state index in [0.717, 1.165) is 6.42 Å². The van der Waals surface area contributed by atoms with Crippen LogP contribution in [0.25, 0.3) is 0 Å². The molecule has 1 saturated heterocycles. The van der Waals surface area contributed by atoms with Gasteiger partial charge in [0.15, 0.2) is 0 Å². The quantitative estimate of drug-likeness (QED) is 0.881. The third-order valence-electron chi connectivity index (χ3n) is 2.72. The molecule has 0 saturated carbocycles. The van der Waals surface area contributed by atoms with E-state index in [2.05, 4.69) is 9.97 Å². The molecule has 7 nitrogen and oxygen atoms in total. The third kappa shape index (κ3) is 3.97. The van der Waals surface area contributed by atoms with Crippen LogP contribution < -0.4 is 10.5 Å². The van der Waals surface area contributed by atoms with Crippen molar-refractivity contribution in [3.63, 3.8) is 0 Å². The van der Waals surface area contributed by atoms with Crippen LogP contribution in [0.15, 0.2) is 12.3 Å². The minimum absolute atomic E-state index is 0.135. The molecule has 110 valence electrons. The van der Waals surface area contributed by atoms with Crippen LogP contribution >= 0.6 is 0 Å². The fourth-order valence-electron chi connectivity index (χ4n) is 1.88. The lowest BCUT2D eigenvalue weighted by atomic mass is 10.2. The van der Waals surface area contributed by atoms with Gasteiger partial charge in [0.05, 0.1) is 6.54 Å². The van der Waals surface area contributed by atoms with Crippen molar-refractivity contribution in [2.45, 2.75) is 38.9 Å². The normalized spacial score (nSPS) is 18.9. The molecule has 2 N–H and O–H groups in total. The fourth-order valence-corrected chi connectivity index (χ4v) is 1.88. The van der Waals surface area contributed by atoms with E-state index in [1.807, 2.05) is 20.8 Å². The molecule has 1 amide bonds. The van der Waals surface area contributed by atoms with Crippen molar-refractivity contribution in [2.75, 3.05) is 18.8 Å². The van der Waals surface area contributed by atoms with Gasteiger partial charge in [-0.05, 0) is 26.8 Å². The zero-order valence-corrected chi connectivity index (χ0v) is 12.0. The summed E-state index contributed by atoms with van der Waals surface area (Å²) >= 11 is 0. The highest BCUT2D eigenvalue weighted by molar-refractivity contribution is 5.68. The van der Waals surface area contributed by atoms with Gasteiger partial charge in [0.2, 0.25) is 0 Å². The number of nitrogen functional groups attached to an aromatic ring is 1. The van der Waals surface area contributed by atoms with Crippen molar-refractivity contribution in [3.05, 3.63) is 12.3 Å². The standard InChI is InChI=1S/C13H20N4O3/c1-13(2,3)20-12(18)17-7-5-9(8-17)19-11-15-6-4-10(14)16-11/h4,6,9H,5,7-8H2,1-3H3,(H2,14,15,16). The van der Waals surface area contributed by atoms with E-state index in [4.69, 9.17) is 15.2 Å². The molecule has 2 heterocycles. The molecule has 1 fully saturated rings. The Morgan fingerprint density at radius 2 is 2.25 bits per heavy atom. The predicted molar refractivity (Wildman–Crippen MR) is 73.3 cm³/mol. The predicted octanol–water partition coefficient (Wildman–Crippen LogP) is 1.45. The number of hydrogen-bond donors (Lipinski definition) is 1. The first kappa shape index (κ1) is 14.4. The second-order valence-electron chi connectivity index (χ2n) is 5.72. The van der Waals surface area contributed by atoms with Crippen LogP contribution in [0.2, 0.25) is 0 Å². The molecule has 2 rings (SSSR count). The van der Waals surface area contributed by atoms with Gasteiger partial charge in [-0.15, -0.1) is 0 Å². The monoisotopic (exact) mass is 280 g/mol. The van der Waals surface area contributed by atoms with Gasteiger partial charge in [0.1, 0.15) is 17.5 Å². The van der Waals surface area contributed by atoms with Gasteiger partial charge in [-0.2, -0.15) is 4.98 Å². The maximum atomic E-state index is 11.9. The first-order valence-electron chi connectivity index (χ1n) is 6.56. The first-order valence-corrected chi connectivity index (χ1v) is 6.56. The molecule has 0 aromatic carbocycles. The lowest BCUT2D eigenvalue weighted by molar-refractivity contribution is 0.0274. The minimum atomic E-state index is -0.493. The second kappa shape index (κ2) is 5.52. The van der Waals surface area contributed by atoms with E-state index >= 15 is 0 Å².